The number of carbonyl (C=O) groups excluding carboxylic acids is 2. The molecule has 3 aromatic carbocycles. The molecule has 0 spiro atoms. The van der Waals surface area contributed by atoms with Crippen molar-refractivity contribution < 1.29 is 22.7 Å². The van der Waals surface area contributed by atoms with Crippen LogP contribution in [0.4, 0.5) is 5.69 Å². The maximum Gasteiger partial charge on any atom is 0.264 e. The first-order chi connectivity index (χ1) is 17.8. The fourth-order valence-corrected chi connectivity index (χ4v) is 5.64. The minimum Gasteiger partial charge on any atom is -0.497 e. The number of benzene rings is 3. The van der Waals surface area contributed by atoms with Crippen LogP contribution in [0, 0.1) is 6.92 Å². The summed E-state index contributed by atoms with van der Waals surface area (Å²) in [6.45, 7) is 3.03. The number of aryl methyl sites for hydroxylation is 1. The van der Waals surface area contributed by atoms with Crippen LogP contribution < -0.4 is 14.4 Å². The first-order valence-corrected chi connectivity index (χ1v) is 13.6. The molecule has 1 aliphatic heterocycles. The van der Waals surface area contributed by atoms with Crippen LogP contribution >= 0.6 is 0 Å². The summed E-state index contributed by atoms with van der Waals surface area (Å²) in [5, 5.41) is 2.83. The number of nitrogens with zero attached hydrogens (tertiary/aromatic N) is 2. The van der Waals surface area contributed by atoms with E-state index >= 15 is 0 Å². The van der Waals surface area contributed by atoms with Crippen LogP contribution in [-0.4, -0.2) is 45.3 Å². The Labute approximate surface area is 217 Å². The Hall–Kier alpha value is -3.85. The molecule has 0 unspecified atom stereocenters. The summed E-state index contributed by atoms with van der Waals surface area (Å²) in [7, 11) is -2.47. The van der Waals surface area contributed by atoms with Gasteiger partial charge in [0.2, 0.25) is 11.8 Å². The number of methoxy groups -OCH3 is 1. The highest BCUT2D eigenvalue weighted by molar-refractivity contribution is 7.92. The van der Waals surface area contributed by atoms with E-state index in [4.69, 9.17) is 4.74 Å². The molecule has 0 radical (unpaired) electrons. The van der Waals surface area contributed by atoms with Crippen LogP contribution in [0.15, 0.2) is 77.7 Å². The lowest BCUT2D eigenvalue weighted by Gasteiger charge is -2.24. The lowest BCUT2D eigenvalue weighted by atomic mass is 10.1. The van der Waals surface area contributed by atoms with Crippen molar-refractivity contribution in [2.75, 3.05) is 24.5 Å². The fraction of sp³-hybridized carbons (Fsp3) is 0.286. The third-order valence-electron chi connectivity index (χ3n) is 6.28. The molecule has 4 rings (SSSR count). The van der Waals surface area contributed by atoms with Crippen molar-refractivity contribution in [3.8, 4) is 5.75 Å². The zero-order valence-electron chi connectivity index (χ0n) is 21.0. The van der Waals surface area contributed by atoms with Crippen LogP contribution in [0.25, 0.3) is 0 Å². The summed E-state index contributed by atoms with van der Waals surface area (Å²) in [4.78, 5) is 26.8. The minimum absolute atomic E-state index is 0.103. The molecule has 0 saturated carbocycles. The van der Waals surface area contributed by atoms with Crippen LogP contribution in [0.5, 0.6) is 5.75 Å². The van der Waals surface area contributed by atoms with E-state index in [1.54, 1.807) is 36.4 Å². The summed E-state index contributed by atoms with van der Waals surface area (Å²) < 4.78 is 33.3. The lowest BCUT2D eigenvalue weighted by Crippen LogP contribution is -2.40. The number of hydrogen-bond donors (Lipinski definition) is 1. The molecule has 1 saturated heterocycles. The molecule has 1 fully saturated rings. The van der Waals surface area contributed by atoms with Crippen molar-refractivity contribution in [2.45, 2.75) is 37.8 Å². The lowest BCUT2D eigenvalue weighted by molar-refractivity contribution is -0.128. The fourth-order valence-electron chi connectivity index (χ4n) is 4.22. The Balaban J connectivity index is 1.48. The van der Waals surface area contributed by atoms with Gasteiger partial charge in [-0.1, -0.05) is 42.0 Å². The van der Waals surface area contributed by atoms with Crippen LogP contribution in [0.2, 0.25) is 0 Å². The predicted octanol–water partition coefficient (Wildman–Crippen LogP) is 3.64. The van der Waals surface area contributed by atoms with Gasteiger partial charge < -0.3 is 15.0 Å². The van der Waals surface area contributed by atoms with Crippen molar-refractivity contribution in [1.29, 1.82) is 0 Å². The third kappa shape index (κ3) is 6.48. The van der Waals surface area contributed by atoms with E-state index in [0.717, 1.165) is 34.0 Å². The van der Waals surface area contributed by atoms with Crippen LogP contribution in [0.3, 0.4) is 0 Å². The van der Waals surface area contributed by atoms with Gasteiger partial charge in [0, 0.05) is 26.1 Å². The molecule has 1 N–H and O–H groups in total. The van der Waals surface area contributed by atoms with Gasteiger partial charge in [-0.05, 0) is 60.9 Å². The largest absolute Gasteiger partial charge is 0.497 e. The summed E-state index contributed by atoms with van der Waals surface area (Å²) in [5.41, 5.74) is 3.15. The normalized spacial score (nSPS) is 13.5. The first kappa shape index (κ1) is 26.2. The van der Waals surface area contributed by atoms with Gasteiger partial charge >= 0.3 is 0 Å². The number of hydrogen-bond acceptors (Lipinski definition) is 5. The molecule has 2 amide bonds. The van der Waals surface area contributed by atoms with Gasteiger partial charge in [-0.25, -0.2) is 8.42 Å². The quantitative estimate of drug-likeness (QED) is 0.440. The molecule has 8 nitrogen and oxygen atoms in total. The van der Waals surface area contributed by atoms with Gasteiger partial charge in [-0.15, -0.1) is 0 Å². The van der Waals surface area contributed by atoms with Crippen LogP contribution in [-0.2, 0) is 32.7 Å². The summed E-state index contributed by atoms with van der Waals surface area (Å²) in [6, 6.07) is 20.7. The molecule has 3 aromatic rings. The summed E-state index contributed by atoms with van der Waals surface area (Å²) in [5.74, 6) is 0.301. The SMILES string of the molecule is COc1ccc(N(CC(=O)NCc2cccc(CN3CCCC3=O)c2)S(=O)(=O)c2ccc(C)cc2)cc1. The van der Waals surface area contributed by atoms with E-state index < -0.39 is 15.9 Å². The van der Waals surface area contributed by atoms with Crippen molar-refractivity contribution in [1.82, 2.24) is 10.2 Å². The molecule has 1 aliphatic rings. The van der Waals surface area contributed by atoms with Crippen LogP contribution in [0.1, 0.15) is 29.5 Å². The molecular weight excluding hydrogens is 490 g/mol. The Kier molecular flexibility index (Phi) is 8.13. The number of likely N-dealkylation sites (tertiary alicyclic amines) is 1. The second-order valence-corrected chi connectivity index (χ2v) is 10.9. The van der Waals surface area contributed by atoms with E-state index in [1.165, 1.54) is 19.2 Å². The standard InChI is InChI=1S/C28H31N3O5S/c1-21-8-14-26(15-9-21)37(34,35)31(24-10-12-25(36-2)13-11-24)20-27(32)29-18-22-5-3-6-23(17-22)19-30-16-4-7-28(30)33/h3,5-6,8-15,17H,4,7,16,18-20H2,1-2H3,(H,29,32). The van der Waals surface area contributed by atoms with Gasteiger partial charge in [0.1, 0.15) is 12.3 Å². The number of amides is 2. The van der Waals surface area contributed by atoms with Crippen molar-refractivity contribution in [3.05, 3.63) is 89.5 Å². The van der Waals surface area contributed by atoms with E-state index in [-0.39, 0.29) is 23.9 Å². The van der Waals surface area contributed by atoms with Gasteiger partial charge in [0.25, 0.3) is 10.0 Å². The average Bonchev–Trinajstić information content (AvgIpc) is 3.30. The highest BCUT2D eigenvalue weighted by Gasteiger charge is 2.27. The van der Waals surface area contributed by atoms with E-state index in [1.807, 2.05) is 36.1 Å². The molecule has 0 aliphatic carbocycles. The summed E-state index contributed by atoms with van der Waals surface area (Å²) in [6.07, 6.45) is 1.47. The molecular formula is C28H31N3O5S. The zero-order chi connectivity index (χ0) is 26.4. The zero-order valence-corrected chi connectivity index (χ0v) is 21.8. The summed E-state index contributed by atoms with van der Waals surface area (Å²) >= 11 is 0. The molecule has 0 bridgehead atoms. The van der Waals surface area contributed by atoms with Gasteiger partial charge in [0.15, 0.2) is 0 Å². The number of rotatable bonds is 10. The molecule has 0 atom stereocenters. The Bertz CT molecular complexity index is 1360. The molecule has 194 valence electrons. The van der Waals surface area contributed by atoms with E-state index in [0.29, 0.717) is 24.4 Å². The topological polar surface area (TPSA) is 96.0 Å². The Morgan fingerprint density at radius 1 is 1.03 bits per heavy atom. The monoisotopic (exact) mass is 521 g/mol. The number of nitrogens with one attached hydrogen (secondary N) is 1. The van der Waals surface area contributed by atoms with Crippen molar-refractivity contribution in [2.24, 2.45) is 0 Å². The minimum atomic E-state index is -4.00. The maximum atomic E-state index is 13.5. The number of carbonyl (C=O) groups is 2. The highest BCUT2D eigenvalue weighted by atomic mass is 32.2. The maximum absolute atomic E-state index is 13.5. The molecule has 1 heterocycles. The Morgan fingerprint density at radius 3 is 2.38 bits per heavy atom. The predicted molar refractivity (Wildman–Crippen MR) is 142 cm³/mol. The van der Waals surface area contributed by atoms with Crippen molar-refractivity contribution in [3.63, 3.8) is 0 Å². The molecule has 9 heteroatoms. The molecule has 0 aromatic heterocycles. The number of sulfonamides is 1. The van der Waals surface area contributed by atoms with Gasteiger partial charge in [-0.3, -0.25) is 13.9 Å². The highest BCUT2D eigenvalue weighted by Crippen LogP contribution is 2.26. The third-order valence-corrected chi connectivity index (χ3v) is 8.07. The smallest absolute Gasteiger partial charge is 0.264 e. The van der Waals surface area contributed by atoms with Gasteiger partial charge in [-0.2, -0.15) is 0 Å². The Morgan fingerprint density at radius 2 is 1.73 bits per heavy atom. The average molecular weight is 522 g/mol. The second-order valence-electron chi connectivity index (χ2n) is 9.04. The molecule has 37 heavy (non-hydrogen) atoms. The number of ether oxygens (including phenoxy) is 1. The van der Waals surface area contributed by atoms with E-state index in [9.17, 15) is 18.0 Å². The van der Waals surface area contributed by atoms with Crippen molar-refractivity contribution >= 4 is 27.5 Å². The van der Waals surface area contributed by atoms with Gasteiger partial charge in [0.05, 0.1) is 17.7 Å². The van der Waals surface area contributed by atoms with E-state index in [2.05, 4.69) is 5.32 Å². The second kappa shape index (κ2) is 11.5. The first-order valence-electron chi connectivity index (χ1n) is 12.1. The number of anilines is 1.